The van der Waals surface area contributed by atoms with Gasteiger partial charge in [0.05, 0.1) is 27.7 Å². The minimum absolute atomic E-state index is 0.0332. The maximum atomic E-state index is 12.9. The first-order valence-electron chi connectivity index (χ1n) is 39.7. The zero-order chi connectivity index (χ0) is 66.9. The highest BCUT2D eigenvalue weighted by atomic mass is 31.2. The summed E-state index contributed by atoms with van der Waals surface area (Å²) in [5.74, 6) is -0.776. The largest absolute Gasteiger partial charge is 0.472 e. The fourth-order valence-electron chi connectivity index (χ4n) is 11.7. The van der Waals surface area contributed by atoms with Crippen molar-refractivity contribution in [2.24, 2.45) is 0 Å². The van der Waals surface area contributed by atoms with Gasteiger partial charge in [0.1, 0.15) is 19.8 Å². The van der Waals surface area contributed by atoms with E-state index in [1.165, 1.54) is 283 Å². The second-order valence-electron chi connectivity index (χ2n) is 28.1. The molecule has 0 aromatic rings. The van der Waals surface area contributed by atoms with Gasteiger partial charge >= 0.3 is 19.8 Å². The Hall–Kier alpha value is -2.55. The predicted octanol–water partition coefficient (Wildman–Crippen LogP) is 26.3. The minimum Gasteiger partial charge on any atom is -0.462 e. The molecule has 0 aliphatic heterocycles. The third-order valence-corrected chi connectivity index (χ3v) is 18.7. The maximum absolute atomic E-state index is 12.9. The zero-order valence-corrected chi connectivity index (χ0v) is 62.4. The molecule has 0 aromatic heterocycles. The molecule has 2 unspecified atom stereocenters. The molecule has 0 rings (SSSR count). The molecule has 0 spiro atoms. The van der Waals surface area contributed by atoms with Crippen LogP contribution in [0.3, 0.4) is 0 Å². The van der Waals surface area contributed by atoms with Crippen LogP contribution in [0.15, 0.2) is 72.9 Å². The molecule has 0 aromatic carbocycles. The summed E-state index contributed by atoms with van der Waals surface area (Å²) in [5.41, 5.74) is 0. The number of ether oxygens (including phenoxy) is 2. The summed E-state index contributed by atoms with van der Waals surface area (Å²) in [4.78, 5) is 36.0. The van der Waals surface area contributed by atoms with E-state index >= 15 is 0 Å². The van der Waals surface area contributed by atoms with Crippen molar-refractivity contribution in [1.82, 2.24) is 0 Å². The second-order valence-corrected chi connectivity index (χ2v) is 29.5. The van der Waals surface area contributed by atoms with E-state index in [0.29, 0.717) is 23.9 Å². The smallest absolute Gasteiger partial charge is 0.462 e. The number of nitrogens with zero attached hydrogens (tertiary/aromatic N) is 1. The third-order valence-electron chi connectivity index (χ3n) is 17.8. The molecule has 0 fully saturated rings. The van der Waals surface area contributed by atoms with Gasteiger partial charge in [0.2, 0.25) is 0 Å². The topological polar surface area (TPSA) is 108 Å². The third kappa shape index (κ3) is 76.5. The van der Waals surface area contributed by atoms with Crippen LogP contribution in [-0.2, 0) is 32.7 Å². The van der Waals surface area contributed by atoms with E-state index in [4.69, 9.17) is 18.5 Å². The number of phosphoric acid groups is 1. The van der Waals surface area contributed by atoms with Gasteiger partial charge < -0.3 is 18.9 Å². The van der Waals surface area contributed by atoms with Gasteiger partial charge in [-0.2, -0.15) is 0 Å². The number of carbonyl (C=O) groups is 2. The van der Waals surface area contributed by atoms with Gasteiger partial charge in [-0.15, -0.1) is 0 Å². The van der Waals surface area contributed by atoms with Crippen molar-refractivity contribution >= 4 is 19.8 Å². The molecule has 10 heteroatoms. The van der Waals surface area contributed by atoms with E-state index in [-0.39, 0.29) is 25.6 Å². The number of carbonyl (C=O) groups excluding carboxylic acids is 2. The average Bonchev–Trinajstić information content (AvgIpc) is 2.34. The number of quaternary nitrogens is 1. The molecule has 0 bridgehead atoms. The van der Waals surface area contributed by atoms with Crippen molar-refractivity contribution in [2.75, 3.05) is 47.5 Å². The van der Waals surface area contributed by atoms with Gasteiger partial charge in [-0.25, -0.2) is 4.57 Å². The first-order chi connectivity index (χ1) is 45.0. The van der Waals surface area contributed by atoms with Gasteiger partial charge in [-0.05, 0) is 64.2 Å². The van der Waals surface area contributed by atoms with E-state index in [0.717, 1.165) is 70.6 Å². The number of esters is 2. The summed E-state index contributed by atoms with van der Waals surface area (Å²) in [6.45, 7) is 4.39. The second kappa shape index (κ2) is 72.7. The van der Waals surface area contributed by atoms with Crippen molar-refractivity contribution in [3.05, 3.63) is 72.9 Å². The van der Waals surface area contributed by atoms with Gasteiger partial charge in [0.25, 0.3) is 0 Å². The van der Waals surface area contributed by atoms with Crippen LogP contribution in [0, 0.1) is 0 Å². The number of rotatable bonds is 74. The molecular formula is C82H153NO8P+. The average molecular weight is 1310 g/mol. The highest BCUT2D eigenvalue weighted by molar-refractivity contribution is 7.47. The van der Waals surface area contributed by atoms with Gasteiger partial charge in [0.15, 0.2) is 6.10 Å². The Morgan fingerprint density at radius 1 is 0.348 bits per heavy atom. The normalized spacial score (nSPS) is 13.4. The Kier molecular flexibility index (Phi) is 70.7. The van der Waals surface area contributed by atoms with Crippen LogP contribution >= 0.6 is 7.82 Å². The molecule has 0 aliphatic carbocycles. The van der Waals surface area contributed by atoms with Gasteiger partial charge in [0, 0.05) is 12.8 Å². The van der Waals surface area contributed by atoms with Gasteiger partial charge in [-0.3, -0.25) is 18.6 Å². The highest BCUT2D eigenvalue weighted by Gasteiger charge is 2.27. The lowest BCUT2D eigenvalue weighted by Gasteiger charge is -2.24. The standard InChI is InChI=1S/C82H152NO8P/c1-6-8-10-12-14-16-18-20-22-24-26-28-30-32-34-36-38-39-40-41-42-43-45-47-49-51-53-55-57-59-61-63-65-67-69-71-73-75-82(85)91-80(79-90-92(86,87)89-77-76-83(3,4)5)78-88-81(84)74-72-70-68-66-64-62-60-58-56-54-52-50-48-46-44-37-35-33-31-29-27-25-23-21-19-17-15-13-11-9-7-2/h8,10,14,16,20,22,26,28,32,34,38-39,80H,6-7,9,11-13,15,17-19,21,23-25,27,29-31,33,35-37,40-79H2,1-5H3/p+1/b10-8-,16-14-,22-20-,28-26-,34-32-,39-38-. The summed E-state index contributed by atoms with van der Waals surface area (Å²) in [5, 5.41) is 0. The van der Waals surface area contributed by atoms with E-state index < -0.39 is 26.5 Å². The fourth-order valence-corrected chi connectivity index (χ4v) is 12.5. The lowest BCUT2D eigenvalue weighted by atomic mass is 10.0. The van der Waals surface area contributed by atoms with Crippen LogP contribution in [-0.4, -0.2) is 74.9 Å². The Morgan fingerprint density at radius 2 is 0.620 bits per heavy atom. The van der Waals surface area contributed by atoms with Crippen LogP contribution < -0.4 is 0 Å². The van der Waals surface area contributed by atoms with Crippen molar-refractivity contribution in [3.63, 3.8) is 0 Å². The van der Waals surface area contributed by atoms with E-state index in [1.807, 2.05) is 21.1 Å². The van der Waals surface area contributed by atoms with Crippen molar-refractivity contribution in [3.8, 4) is 0 Å². The number of likely N-dealkylation sites (N-methyl/N-ethyl adjacent to an activating group) is 1. The van der Waals surface area contributed by atoms with Crippen molar-refractivity contribution < 1.29 is 42.1 Å². The number of hydrogen-bond acceptors (Lipinski definition) is 7. The summed E-state index contributed by atoms with van der Waals surface area (Å²) in [6, 6.07) is 0. The first-order valence-corrected chi connectivity index (χ1v) is 41.2. The van der Waals surface area contributed by atoms with Crippen LogP contribution in [0.5, 0.6) is 0 Å². The molecule has 1 N–H and O–H groups in total. The molecule has 9 nitrogen and oxygen atoms in total. The molecule has 0 saturated heterocycles. The fraction of sp³-hybridized carbons (Fsp3) is 0.829. The lowest BCUT2D eigenvalue weighted by molar-refractivity contribution is -0.870. The SMILES string of the molecule is CC/C=C\C/C=C\C/C=C\C/C=C\C/C=C\C/C=C\CCCCCCCCCCCCCCCCCCCCC(=O)OC(COC(=O)CCCCCCCCCCCCCCCCCCCCCCCCCCCCCCCCC)COP(=O)(O)OCC[N+](C)(C)C. The van der Waals surface area contributed by atoms with E-state index in [2.05, 4.69) is 86.8 Å². The van der Waals surface area contributed by atoms with Crippen molar-refractivity contribution in [2.45, 2.75) is 392 Å². The Bertz CT molecular complexity index is 1780. The summed E-state index contributed by atoms with van der Waals surface area (Å²) < 4.78 is 34.8. The molecule has 538 valence electrons. The molecule has 2 atom stereocenters. The highest BCUT2D eigenvalue weighted by Crippen LogP contribution is 2.43. The zero-order valence-electron chi connectivity index (χ0n) is 61.5. The summed E-state index contributed by atoms with van der Waals surface area (Å²) in [6.07, 6.45) is 99.1. The summed E-state index contributed by atoms with van der Waals surface area (Å²) in [7, 11) is 1.50. The molecule has 0 radical (unpaired) electrons. The summed E-state index contributed by atoms with van der Waals surface area (Å²) >= 11 is 0. The first kappa shape index (κ1) is 89.5. The van der Waals surface area contributed by atoms with Crippen LogP contribution in [0.1, 0.15) is 386 Å². The molecule has 92 heavy (non-hydrogen) atoms. The van der Waals surface area contributed by atoms with E-state index in [9.17, 15) is 19.0 Å². The molecule has 0 heterocycles. The number of phosphoric ester groups is 1. The van der Waals surface area contributed by atoms with Crippen molar-refractivity contribution in [1.29, 1.82) is 0 Å². The number of unbranched alkanes of at least 4 members (excludes halogenated alkanes) is 48. The van der Waals surface area contributed by atoms with Gasteiger partial charge in [-0.1, -0.05) is 382 Å². The van der Waals surface area contributed by atoms with Crippen LogP contribution in [0.4, 0.5) is 0 Å². The Labute approximate surface area is 571 Å². The van der Waals surface area contributed by atoms with Crippen LogP contribution in [0.25, 0.3) is 0 Å². The molecule has 0 saturated carbocycles. The van der Waals surface area contributed by atoms with E-state index in [1.54, 1.807) is 0 Å². The number of hydrogen-bond donors (Lipinski definition) is 1. The molecule has 0 aliphatic rings. The Balaban J connectivity index is 3.94. The minimum atomic E-state index is -4.39. The lowest BCUT2D eigenvalue weighted by Crippen LogP contribution is -2.37. The number of allylic oxidation sites excluding steroid dienone is 12. The molecule has 0 amide bonds. The quantitative estimate of drug-likeness (QED) is 0.0211. The maximum Gasteiger partial charge on any atom is 0.472 e. The Morgan fingerprint density at radius 3 is 0.924 bits per heavy atom. The molecular weight excluding hydrogens is 1160 g/mol. The predicted molar refractivity (Wildman–Crippen MR) is 399 cm³/mol. The monoisotopic (exact) mass is 1310 g/mol. The van der Waals surface area contributed by atoms with Crippen LogP contribution in [0.2, 0.25) is 0 Å².